The number of nitrogens with zero attached hydrogens (tertiary/aromatic N) is 1. The molecule has 0 bridgehead atoms. The fraction of sp³-hybridized carbons (Fsp3) is 0.214. The molecule has 1 heterocycles. The van der Waals surface area contributed by atoms with E-state index >= 15 is 0 Å². The number of hydrogen-bond donors (Lipinski definition) is 0. The van der Waals surface area contributed by atoms with Gasteiger partial charge in [0.1, 0.15) is 17.1 Å². The van der Waals surface area contributed by atoms with Crippen LogP contribution in [-0.2, 0) is 12.4 Å². The van der Waals surface area contributed by atoms with Crippen molar-refractivity contribution in [2.45, 2.75) is 18.7 Å². The predicted molar refractivity (Wildman–Crippen MR) is 66.4 cm³/mol. The number of pyridine rings is 1. The van der Waals surface area contributed by atoms with Crippen molar-refractivity contribution in [1.82, 2.24) is 4.98 Å². The molecule has 136 valence electrons. The summed E-state index contributed by atoms with van der Waals surface area (Å²) in [5, 5.41) is 0. The molecule has 0 amide bonds. The third-order valence-corrected chi connectivity index (χ3v) is 2.83. The molecule has 0 aliphatic carbocycles. The monoisotopic (exact) mass is 375 g/mol. The third kappa shape index (κ3) is 4.77. The van der Waals surface area contributed by atoms with Gasteiger partial charge in [0, 0.05) is 5.56 Å². The number of alkyl halides is 9. The first-order valence-electron chi connectivity index (χ1n) is 6.29. The molecule has 0 unspecified atom stereocenters. The Morgan fingerprint density at radius 2 is 1.20 bits per heavy atom. The first kappa shape index (κ1) is 18.9. The second-order valence-corrected chi connectivity index (χ2v) is 4.67. The van der Waals surface area contributed by atoms with Crippen LogP contribution in [0.5, 0.6) is 5.75 Å². The number of aromatic nitrogens is 1. The predicted octanol–water partition coefficient (Wildman–Crippen LogP) is 5.68. The minimum Gasteiger partial charge on any atom is -0.405 e. The summed E-state index contributed by atoms with van der Waals surface area (Å²) in [7, 11) is 0. The fourth-order valence-electron chi connectivity index (χ4n) is 1.90. The SMILES string of the molecule is FC(F)(F)Oc1ccccc1-c1cc(C(F)(F)F)nc(C(F)(F)F)c1. The Morgan fingerprint density at radius 1 is 0.720 bits per heavy atom. The van der Waals surface area contributed by atoms with E-state index in [0.717, 1.165) is 24.3 Å². The second kappa shape index (κ2) is 6.12. The van der Waals surface area contributed by atoms with Crippen molar-refractivity contribution in [3.05, 3.63) is 47.8 Å². The van der Waals surface area contributed by atoms with Gasteiger partial charge in [-0.15, -0.1) is 13.2 Å². The Bertz CT molecular complexity index is 730. The number of hydrogen-bond acceptors (Lipinski definition) is 2. The molecule has 11 heteroatoms. The van der Waals surface area contributed by atoms with Gasteiger partial charge in [0.25, 0.3) is 0 Å². The minimum absolute atomic E-state index is 0.216. The summed E-state index contributed by atoms with van der Waals surface area (Å²) in [6.07, 6.45) is -15.6. The molecular weight excluding hydrogens is 369 g/mol. The number of benzene rings is 1. The quantitative estimate of drug-likeness (QED) is 0.630. The van der Waals surface area contributed by atoms with Crippen LogP contribution in [0.3, 0.4) is 0 Å². The zero-order valence-corrected chi connectivity index (χ0v) is 11.7. The summed E-state index contributed by atoms with van der Waals surface area (Å²) in [5.41, 5.74) is -5.15. The van der Waals surface area contributed by atoms with E-state index in [2.05, 4.69) is 9.72 Å². The van der Waals surface area contributed by atoms with Crippen molar-refractivity contribution >= 4 is 0 Å². The van der Waals surface area contributed by atoms with E-state index in [1.807, 2.05) is 0 Å². The normalized spacial score (nSPS) is 13.0. The summed E-state index contributed by atoms with van der Waals surface area (Å²) in [6, 6.07) is 4.32. The van der Waals surface area contributed by atoms with Crippen molar-refractivity contribution in [1.29, 1.82) is 0 Å². The molecule has 0 atom stereocenters. The average Bonchev–Trinajstić information content (AvgIpc) is 2.44. The van der Waals surface area contributed by atoms with E-state index in [1.165, 1.54) is 0 Å². The summed E-state index contributed by atoms with van der Waals surface area (Å²) >= 11 is 0. The highest BCUT2D eigenvalue weighted by molar-refractivity contribution is 5.71. The number of halogens is 9. The van der Waals surface area contributed by atoms with Crippen molar-refractivity contribution in [2.24, 2.45) is 0 Å². The van der Waals surface area contributed by atoms with Crippen molar-refractivity contribution in [3.63, 3.8) is 0 Å². The molecule has 0 aliphatic rings. The Kier molecular flexibility index (Phi) is 4.62. The van der Waals surface area contributed by atoms with E-state index in [1.54, 1.807) is 0 Å². The Balaban J connectivity index is 2.67. The lowest BCUT2D eigenvalue weighted by atomic mass is 10.0. The highest BCUT2D eigenvalue weighted by atomic mass is 19.4. The summed E-state index contributed by atoms with van der Waals surface area (Å²) < 4.78 is 117. The van der Waals surface area contributed by atoms with Gasteiger partial charge in [-0.2, -0.15) is 26.3 Å². The molecule has 1 aromatic carbocycles. The van der Waals surface area contributed by atoms with Gasteiger partial charge in [-0.1, -0.05) is 18.2 Å². The molecule has 0 N–H and O–H groups in total. The van der Waals surface area contributed by atoms with E-state index in [4.69, 9.17) is 0 Å². The smallest absolute Gasteiger partial charge is 0.405 e. The standard InChI is InChI=1S/C14H6F9NO/c15-12(16,17)10-5-7(6-11(24-10)13(18,19)20)8-3-1-2-4-9(8)25-14(21,22)23/h1-6H. The molecule has 0 saturated heterocycles. The van der Waals surface area contributed by atoms with Gasteiger partial charge in [0.05, 0.1) is 0 Å². The van der Waals surface area contributed by atoms with Gasteiger partial charge in [0.2, 0.25) is 0 Å². The molecule has 2 rings (SSSR count). The molecule has 0 fully saturated rings. The van der Waals surface area contributed by atoms with Crippen LogP contribution in [0, 0.1) is 0 Å². The third-order valence-electron chi connectivity index (χ3n) is 2.83. The topological polar surface area (TPSA) is 22.1 Å². The zero-order chi connectivity index (χ0) is 19.0. The van der Waals surface area contributed by atoms with Crippen LogP contribution in [-0.4, -0.2) is 11.3 Å². The van der Waals surface area contributed by atoms with Gasteiger partial charge in [-0.25, -0.2) is 4.98 Å². The van der Waals surface area contributed by atoms with E-state index < -0.39 is 47.0 Å². The molecule has 2 nitrogen and oxygen atoms in total. The van der Waals surface area contributed by atoms with Crippen LogP contribution in [0.25, 0.3) is 11.1 Å². The van der Waals surface area contributed by atoms with E-state index in [-0.39, 0.29) is 12.1 Å². The van der Waals surface area contributed by atoms with Gasteiger partial charge >= 0.3 is 18.7 Å². The lowest BCUT2D eigenvalue weighted by molar-refractivity contribution is -0.274. The first-order chi connectivity index (χ1) is 11.3. The Labute approximate surface area is 133 Å². The largest absolute Gasteiger partial charge is 0.573 e. The second-order valence-electron chi connectivity index (χ2n) is 4.67. The molecule has 0 radical (unpaired) electrons. The molecule has 0 spiro atoms. The molecule has 0 aliphatic heterocycles. The lowest BCUT2D eigenvalue weighted by Crippen LogP contribution is -2.18. The van der Waals surface area contributed by atoms with Crippen LogP contribution >= 0.6 is 0 Å². The maximum Gasteiger partial charge on any atom is 0.573 e. The van der Waals surface area contributed by atoms with Crippen LogP contribution in [0.1, 0.15) is 11.4 Å². The molecule has 1 aromatic heterocycles. The van der Waals surface area contributed by atoms with Crippen LogP contribution in [0.4, 0.5) is 39.5 Å². The van der Waals surface area contributed by atoms with Crippen LogP contribution in [0.15, 0.2) is 36.4 Å². The number of ether oxygens (including phenoxy) is 1. The highest BCUT2D eigenvalue weighted by Crippen LogP contribution is 2.39. The van der Waals surface area contributed by atoms with Crippen molar-refractivity contribution in [2.75, 3.05) is 0 Å². The fourth-order valence-corrected chi connectivity index (χ4v) is 1.90. The number of para-hydroxylation sites is 1. The van der Waals surface area contributed by atoms with Gasteiger partial charge < -0.3 is 4.74 Å². The maximum atomic E-state index is 12.8. The molecule has 2 aromatic rings. The minimum atomic E-state index is -5.23. The summed E-state index contributed by atoms with van der Waals surface area (Å²) in [5.74, 6) is -0.942. The van der Waals surface area contributed by atoms with E-state index in [9.17, 15) is 39.5 Å². The maximum absolute atomic E-state index is 12.8. The molecular formula is C14H6F9NO. The summed E-state index contributed by atoms with van der Waals surface area (Å²) in [6.45, 7) is 0. The Hall–Kier alpha value is -2.46. The lowest BCUT2D eigenvalue weighted by Gasteiger charge is -2.16. The Morgan fingerprint density at radius 3 is 1.64 bits per heavy atom. The number of rotatable bonds is 2. The summed E-state index contributed by atoms with van der Waals surface area (Å²) in [4.78, 5) is 2.49. The van der Waals surface area contributed by atoms with E-state index in [0.29, 0.717) is 0 Å². The van der Waals surface area contributed by atoms with Crippen molar-refractivity contribution in [3.8, 4) is 16.9 Å². The van der Waals surface area contributed by atoms with Gasteiger partial charge in [-0.05, 0) is 23.8 Å². The van der Waals surface area contributed by atoms with Gasteiger partial charge in [0.15, 0.2) is 0 Å². The van der Waals surface area contributed by atoms with Crippen LogP contribution < -0.4 is 4.74 Å². The average molecular weight is 375 g/mol. The molecule has 25 heavy (non-hydrogen) atoms. The van der Waals surface area contributed by atoms with Crippen molar-refractivity contribution < 1.29 is 44.3 Å². The zero-order valence-electron chi connectivity index (χ0n) is 11.7. The van der Waals surface area contributed by atoms with Crippen LogP contribution in [0.2, 0.25) is 0 Å². The first-order valence-corrected chi connectivity index (χ1v) is 6.29. The molecule has 0 saturated carbocycles. The van der Waals surface area contributed by atoms with Gasteiger partial charge in [-0.3, -0.25) is 0 Å². The highest BCUT2D eigenvalue weighted by Gasteiger charge is 2.39.